The maximum Gasteiger partial charge on any atom is 0.391 e. The van der Waals surface area contributed by atoms with E-state index in [9.17, 15) is 23.1 Å². The fourth-order valence-corrected chi connectivity index (χ4v) is 3.60. The summed E-state index contributed by atoms with van der Waals surface area (Å²) < 4.78 is 38.6. The van der Waals surface area contributed by atoms with E-state index in [1.165, 1.54) is 0 Å². The Morgan fingerprint density at radius 2 is 1.86 bits per heavy atom. The number of carbonyl (C=O) groups excluding carboxylic acids is 1. The third kappa shape index (κ3) is 4.11. The monoisotopic (exact) mass is 307 g/mol. The number of nitrogens with zero attached hydrogens (tertiary/aromatic N) is 1. The Labute approximate surface area is 123 Å². The van der Waals surface area contributed by atoms with Gasteiger partial charge in [0.05, 0.1) is 18.6 Å². The fourth-order valence-electron chi connectivity index (χ4n) is 3.60. The molecule has 2 rings (SSSR count). The first-order chi connectivity index (χ1) is 9.93. The van der Waals surface area contributed by atoms with Gasteiger partial charge in [0.25, 0.3) is 0 Å². The van der Waals surface area contributed by atoms with Crippen LogP contribution in [0.15, 0.2) is 0 Å². The maximum absolute atomic E-state index is 12.9. The van der Waals surface area contributed by atoms with E-state index in [1.807, 2.05) is 0 Å². The van der Waals surface area contributed by atoms with Crippen LogP contribution in [-0.4, -0.2) is 41.3 Å². The Kier molecular flexibility index (Phi) is 5.52. The molecule has 3 nitrogen and oxygen atoms in total. The van der Waals surface area contributed by atoms with Crippen molar-refractivity contribution < 1.29 is 23.1 Å². The van der Waals surface area contributed by atoms with Crippen molar-refractivity contribution in [2.24, 2.45) is 11.8 Å². The normalized spacial score (nSPS) is 31.8. The van der Waals surface area contributed by atoms with Gasteiger partial charge in [0.15, 0.2) is 0 Å². The third-order valence-corrected chi connectivity index (χ3v) is 4.86. The Bertz CT molecular complexity index is 359. The molecule has 1 aliphatic carbocycles. The molecule has 0 aromatic heterocycles. The van der Waals surface area contributed by atoms with Gasteiger partial charge in [0.1, 0.15) is 0 Å². The smallest absolute Gasteiger partial charge is 0.391 e. The summed E-state index contributed by atoms with van der Waals surface area (Å²) in [7, 11) is 0. The van der Waals surface area contributed by atoms with Crippen LogP contribution >= 0.6 is 0 Å². The minimum Gasteiger partial charge on any atom is -0.394 e. The second-order valence-electron chi connectivity index (χ2n) is 6.32. The molecule has 0 bridgehead atoms. The van der Waals surface area contributed by atoms with Gasteiger partial charge in [-0.1, -0.05) is 19.3 Å². The summed E-state index contributed by atoms with van der Waals surface area (Å²) in [6, 6.07) is -0.216. The van der Waals surface area contributed by atoms with Crippen LogP contribution < -0.4 is 0 Å². The molecule has 0 aromatic rings. The summed E-state index contributed by atoms with van der Waals surface area (Å²) in [5, 5.41) is 9.44. The van der Waals surface area contributed by atoms with E-state index in [2.05, 4.69) is 0 Å². The molecule has 1 heterocycles. The molecule has 1 aliphatic heterocycles. The molecule has 0 aromatic carbocycles. The summed E-state index contributed by atoms with van der Waals surface area (Å²) in [5.41, 5.74) is 0. The zero-order valence-electron chi connectivity index (χ0n) is 12.2. The Hall–Kier alpha value is -0.780. The van der Waals surface area contributed by atoms with Gasteiger partial charge in [-0.25, -0.2) is 0 Å². The van der Waals surface area contributed by atoms with Gasteiger partial charge in [0, 0.05) is 12.5 Å². The van der Waals surface area contributed by atoms with Crippen LogP contribution in [0.2, 0.25) is 0 Å². The SMILES string of the molecule is O=C(C1CCCC(C(F)(F)F)C1)N1CCCCCC1CO. The Balaban J connectivity index is 2.03. The standard InChI is InChI=1S/C15H24F3NO2/c16-15(17,18)12-6-4-5-11(9-12)14(21)19-8-3-1-2-7-13(19)10-20/h11-13,20H,1-10H2. The van der Waals surface area contributed by atoms with Crippen molar-refractivity contribution in [3.63, 3.8) is 0 Å². The second-order valence-corrected chi connectivity index (χ2v) is 6.32. The minimum atomic E-state index is -4.20. The lowest BCUT2D eigenvalue weighted by Gasteiger charge is -2.36. The number of carbonyl (C=O) groups is 1. The van der Waals surface area contributed by atoms with Crippen molar-refractivity contribution in [2.45, 2.75) is 63.6 Å². The third-order valence-electron chi connectivity index (χ3n) is 4.86. The summed E-state index contributed by atoms with van der Waals surface area (Å²) in [5.74, 6) is -2.05. The van der Waals surface area contributed by atoms with Crippen LogP contribution in [0.25, 0.3) is 0 Å². The molecule has 1 amide bonds. The van der Waals surface area contributed by atoms with Crippen molar-refractivity contribution >= 4 is 5.91 Å². The molecular formula is C15H24F3NO2. The van der Waals surface area contributed by atoms with Crippen molar-refractivity contribution in [2.75, 3.05) is 13.2 Å². The second kappa shape index (κ2) is 6.99. The molecule has 1 saturated heterocycles. The highest BCUT2D eigenvalue weighted by molar-refractivity contribution is 5.79. The van der Waals surface area contributed by atoms with E-state index in [1.54, 1.807) is 4.90 Å². The van der Waals surface area contributed by atoms with Gasteiger partial charge in [-0.2, -0.15) is 13.2 Å². The molecule has 1 N–H and O–H groups in total. The largest absolute Gasteiger partial charge is 0.394 e. The van der Waals surface area contributed by atoms with Gasteiger partial charge in [-0.05, 0) is 32.1 Å². The van der Waals surface area contributed by atoms with Crippen molar-refractivity contribution in [1.29, 1.82) is 0 Å². The maximum atomic E-state index is 12.9. The highest BCUT2D eigenvalue weighted by Crippen LogP contribution is 2.40. The lowest BCUT2D eigenvalue weighted by atomic mass is 9.80. The zero-order chi connectivity index (χ0) is 15.5. The van der Waals surface area contributed by atoms with E-state index in [0.717, 1.165) is 25.7 Å². The molecular weight excluding hydrogens is 283 g/mol. The number of aliphatic hydroxyl groups excluding tert-OH is 1. The van der Waals surface area contributed by atoms with Crippen LogP contribution in [0.5, 0.6) is 0 Å². The predicted molar refractivity (Wildman–Crippen MR) is 72.6 cm³/mol. The Morgan fingerprint density at radius 3 is 2.52 bits per heavy atom. The van der Waals surface area contributed by atoms with E-state index in [0.29, 0.717) is 19.4 Å². The van der Waals surface area contributed by atoms with Gasteiger partial charge >= 0.3 is 6.18 Å². The van der Waals surface area contributed by atoms with Crippen molar-refractivity contribution in [1.82, 2.24) is 4.90 Å². The average molecular weight is 307 g/mol. The number of rotatable bonds is 2. The summed E-state index contributed by atoms with van der Waals surface area (Å²) in [6.07, 6.45) is 0.441. The van der Waals surface area contributed by atoms with E-state index >= 15 is 0 Å². The molecule has 2 fully saturated rings. The van der Waals surface area contributed by atoms with Crippen molar-refractivity contribution in [3.8, 4) is 0 Å². The van der Waals surface area contributed by atoms with E-state index in [4.69, 9.17) is 0 Å². The summed E-state index contributed by atoms with van der Waals surface area (Å²) >= 11 is 0. The highest BCUT2D eigenvalue weighted by atomic mass is 19.4. The number of hydrogen-bond acceptors (Lipinski definition) is 2. The fraction of sp³-hybridized carbons (Fsp3) is 0.933. The topological polar surface area (TPSA) is 40.5 Å². The zero-order valence-corrected chi connectivity index (χ0v) is 12.2. The molecule has 3 unspecified atom stereocenters. The molecule has 1 saturated carbocycles. The number of hydrogen-bond donors (Lipinski definition) is 1. The quantitative estimate of drug-likeness (QED) is 0.851. The number of alkyl halides is 3. The first kappa shape index (κ1) is 16.6. The number of amides is 1. The summed E-state index contributed by atoms with van der Waals surface area (Å²) in [6.45, 7) is 0.471. The van der Waals surface area contributed by atoms with Crippen LogP contribution in [0.1, 0.15) is 51.4 Å². The number of halogens is 3. The lowest BCUT2D eigenvalue weighted by Crippen LogP contribution is -2.46. The van der Waals surface area contributed by atoms with Crippen LogP contribution in [0, 0.1) is 11.8 Å². The minimum absolute atomic E-state index is 0.0863. The molecule has 122 valence electrons. The van der Waals surface area contributed by atoms with E-state index < -0.39 is 18.0 Å². The molecule has 3 atom stereocenters. The van der Waals surface area contributed by atoms with Gasteiger partial charge < -0.3 is 10.0 Å². The first-order valence-electron chi connectivity index (χ1n) is 7.91. The molecule has 0 radical (unpaired) electrons. The van der Waals surface area contributed by atoms with Crippen LogP contribution in [0.3, 0.4) is 0 Å². The summed E-state index contributed by atoms with van der Waals surface area (Å²) in [4.78, 5) is 14.2. The van der Waals surface area contributed by atoms with Gasteiger partial charge in [-0.3, -0.25) is 4.79 Å². The molecule has 2 aliphatic rings. The Morgan fingerprint density at radius 1 is 1.10 bits per heavy atom. The van der Waals surface area contributed by atoms with Crippen LogP contribution in [0.4, 0.5) is 13.2 Å². The highest BCUT2D eigenvalue weighted by Gasteiger charge is 2.44. The van der Waals surface area contributed by atoms with Gasteiger partial charge in [0.2, 0.25) is 5.91 Å². The van der Waals surface area contributed by atoms with Crippen LogP contribution in [-0.2, 0) is 4.79 Å². The molecule has 0 spiro atoms. The van der Waals surface area contributed by atoms with E-state index in [-0.39, 0.29) is 31.4 Å². The van der Waals surface area contributed by atoms with Crippen molar-refractivity contribution in [3.05, 3.63) is 0 Å². The predicted octanol–water partition coefficient (Wildman–Crippen LogP) is 3.12. The number of likely N-dealkylation sites (tertiary alicyclic amines) is 1. The van der Waals surface area contributed by atoms with Gasteiger partial charge in [-0.15, -0.1) is 0 Å². The molecule has 6 heteroatoms. The lowest BCUT2D eigenvalue weighted by molar-refractivity contribution is -0.187. The average Bonchev–Trinajstić information content (AvgIpc) is 2.70. The number of aliphatic hydroxyl groups is 1. The first-order valence-corrected chi connectivity index (χ1v) is 7.91. The molecule has 21 heavy (non-hydrogen) atoms.